The Bertz CT molecular complexity index is 570. The summed E-state index contributed by atoms with van der Waals surface area (Å²) in [7, 11) is 0. The van der Waals surface area contributed by atoms with Gasteiger partial charge in [-0.3, -0.25) is 0 Å². The van der Waals surface area contributed by atoms with Crippen molar-refractivity contribution in [3.63, 3.8) is 0 Å². The molecular formula is C17H22N2OS. The highest BCUT2D eigenvalue weighted by Crippen LogP contribution is 2.29. The number of benzene rings is 1. The van der Waals surface area contributed by atoms with Crippen LogP contribution in [0.3, 0.4) is 0 Å². The molecule has 1 atom stereocenters. The molecule has 1 aromatic carbocycles. The van der Waals surface area contributed by atoms with Crippen LogP contribution in [0.25, 0.3) is 0 Å². The van der Waals surface area contributed by atoms with Crippen LogP contribution in [-0.2, 0) is 19.3 Å². The van der Waals surface area contributed by atoms with E-state index in [-0.39, 0.29) is 6.04 Å². The Kier molecular flexibility index (Phi) is 4.56. The first kappa shape index (κ1) is 14.5. The van der Waals surface area contributed by atoms with E-state index in [9.17, 15) is 0 Å². The standard InChI is InChI=1S/C17H22N2OS/c1-2-10-20-13-8-6-12(7-9-13)14(18)11-17-19-15-4-3-5-16(15)21-17/h6-9,14H,2-5,10-11,18H2,1H3. The molecule has 0 saturated heterocycles. The lowest BCUT2D eigenvalue weighted by Gasteiger charge is -2.11. The van der Waals surface area contributed by atoms with Gasteiger partial charge in [0.2, 0.25) is 0 Å². The van der Waals surface area contributed by atoms with E-state index in [1.165, 1.54) is 28.4 Å². The summed E-state index contributed by atoms with van der Waals surface area (Å²) in [4.78, 5) is 6.20. The maximum atomic E-state index is 6.32. The third kappa shape index (κ3) is 3.44. The number of nitrogens with two attached hydrogens (primary N) is 1. The van der Waals surface area contributed by atoms with Crippen LogP contribution >= 0.6 is 11.3 Å². The van der Waals surface area contributed by atoms with Gasteiger partial charge in [0.05, 0.1) is 17.3 Å². The molecule has 2 N–H and O–H groups in total. The van der Waals surface area contributed by atoms with E-state index in [2.05, 4.69) is 19.1 Å². The number of hydrogen-bond acceptors (Lipinski definition) is 4. The number of thiazole rings is 1. The van der Waals surface area contributed by atoms with Crippen LogP contribution < -0.4 is 10.5 Å². The van der Waals surface area contributed by atoms with Crippen LogP contribution in [0.2, 0.25) is 0 Å². The molecule has 0 bridgehead atoms. The van der Waals surface area contributed by atoms with Crippen LogP contribution in [0.4, 0.5) is 0 Å². The van der Waals surface area contributed by atoms with Crippen molar-refractivity contribution in [1.82, 2.24) is 4.98 Å². The second-order valence-electron chi connectivity index (χ2n) is 5.56. The smallest absolute Gasteiger partial charge is 0.119 e. The largest absolute Gasteiger partial charge is 0.494 e. The minimum Gasteiger partial charge on any atom is -0.494 e. The van der Waals surface area contributed by atoms with Gasteiger partial charge in [-0.2, -0.15) is 0 Å². The molecule has 0 saturated carbocycles. The summed E-state index contributed by atoms with van der Waals surface area (Å²) in [6.07, 6.45) is 5.46. The van der Waals surface area contributed by atoms with Crippen molar-refractivity contribution >= 4 is 11.3 Å². The van der Waals surface area contributed by atoms with E-state index in [1.54, 1.807) is 0 Å². The molecule has 112 valence electrons. The topological polar surface area (TPSA) is 48.1 Å². The minimum absolute atomic E-state index is 0.0106. The fraction of sp³-hybridized carbons (Fsp3) is 0.471. The number of fused-ring (bicyclic) bond motifs is 1. The predicted octanol–water partition coefficient (Wildman–Crippen LogP) is 3.66. The van der Waals surface area contributed by atoms with E-state index in [1.807, 2.05) is 23.5 Å². The summed E-state index contributed by atoms with van der Waals surface area (Å²) >= 11 is 1.84. The summed E-state index contributed by atoms with van der Waals surface area (Å²) in [5, 5.41) is 1.18. The zero-order valence-corrected chi connectivity index (χ0v) is 13.3. The van der Waals surface area contributed by atoms with Crippen LogP contribution in [0.15, 0.2) is 24.3 Å². The second kappa shape index (κ2) is 6.58. The van der Waals surface area contributed by atoms with Crippen molar-refractivity contribution in [3.8, 4) is 5.75 Å². The molecule has 4 heteroatoms. The number of rotatable bonds is 6. The zero-order chi connectivity index (χ0) is 14.7. The molecule has 1 aliphatic carbocycles. The van der Waals surface area contributed by atoms with Gasteiger partial charge in [-0.25, -0.2) is 4.98 Å². The highest BCUT2D eigenvalue weighted by atomic mass is 32.1. The molecule has 0 amide bonds. The average Bonchev–Trinajstić information content (AvgIpc) is 3.06. The monoisotopic (exact) mass is 302 g/mol. The Balaban J connectivity index is 1.62. The van der Waals surface area contributed by atoms with Gasteiger partial charge < -0.3 is 10.5 Å². The van der Waals surface area contributed by atoms with Crippen molar-refractivity contribution in [2.45, 2.75) is 45.1 Å². The van der Waals surface area contributed by atoms with Crippen LogP contribution in [0, 0.1) is 0 Å². The Hall–Kier alpha value is -1.39. The lowest BCUT2D eigenvalue weighted by molar-refractivity contribution is 0.317. The van der Waals surface area contributed by atoms with E-state index >= 15 is 0 Å². The van der Waals surface area contributed by atoms with E-state index < -0.39 is 0 Å². The highest BCUT2D eigenvalue weighted by molar-refractivity contribution is 7.11. The Morgan fingerprint density at radius 2 is 2.10 bits per heavy atom. The van der Waals surface area contributed by atoms with Crippen molar-refractivity contribution in [2.75, 3.05) is 6.61 Å². The molecule has 1 aromatic heterocycles. The first-order valence-corrected chi connectivity index (χ1v) is 8.53. The number of aromatic nitrogens is 1. The predicted molar refractivity (Wildman–Crippen MR) is 87.0 cm³/mol. The molecule has 21 heavy (non-hydrogen) atoms. The van der Waals surface area contributed by atoms with E-state index in [4.69, 9.17) is 15.5 Å². The number of nitrogens with zero attached hydrogens (tertiary/aromatic N) is 1. The van der Waals surface area contributed by atoms with Crippen LogP contribution in [0.1, 0.15) is 46.9 Å². The second-order valence-corrected chi connectivity index (χ2v) is 6.73. The number of aryl methyl sites for hydroxylation is 2. The van der Waals surface area contributed by atoms with Crippen molar-refractivity contribution < 1.29 is 4.74 Å². The normalized spacial score (nSPS) is 15.0. The summed E-state index contributed by atoms with van der Waals surface area (Å²) in [5.41, 5.74) is 8.78. The fourth-order valence-electron chi connectivity index (χ4n) is 2.67. The lowest BCUT2D eigenvalue weighted by Crippen LogP contribution is -2.13. The zero-order valence-electron chi connectivity index (χ0n) is 12.5. The Labute approximate surface area is 130 Å². The molecule has 1 unspecified atom stereocenters. The summed E-state index contributed by atoms with van der Waals surface area (Å²) in [5.74, 6) is 0.918. The lowest BCUT2D eigenvalue weighted by atomic mass is 10.1. The maximum absolute atomic E-state index is 6.32. The van der Waals surface area contributed by atoms with Gasteiger partial charge in [0.1, 0.15) is 5.75 Å². The minimum atomic E-state index is 0.0106. The molecule has 3 rings (SSSR count). The summed E-state index contributed by atoms with van der Waals surface area (Å²) in [6, 6.07) is 8.16. The third-order valence-corrected chi connectivity index (χ3v) is 5.00. The highest BCUT2D eigenvalue weighted by Gasteiger charge is 2.18. The molecule has 3 nitrogen and oxygen atoms in total. The van der Waals surface area contributed by atoms with Gasteiger partial charge in [-0.15, -0.1) is 11.3 Å². The molecule has 0 fully saturated rings. The molecule has 2 aromatic rings. The van der Waals surface area contributed by atoms with E-state index in [0.717, 1.165) is 37.2 Å². The average molecular weight is 302 g/mol. The SMILES string of the molecule is CCCOc1ccc(C(N)Cc2nc3c(s2)CCC3)cc1. The maximum Gasteiger partial charge on any atom is 0.119 e. The molecule has 0 radical (unpaired) electrons. The van der Waals surface area contributed by atoms with Crippen molar-refractivity contribution in [2.24, 2.45) is 5.73 Å². The van der Waals surface area contributed by atoms with Crippen molar-refractivity contribution in [1.29, 1.82) is 0 Å². The van der Waals surface area contributed by atoms with Crippen LogP contribution in [0.5, 0.6) is 5.75 Å². The molecule has 0 spiro atoms. The van der Waals surface area contributed by atoms with Gasteiger partial charge in [0.15, 0.2) is 0 Å². The Morgan fingerprint density at radius 1 is 1.29 bits per heavy atom. The van der Waals surface area contributed by atoms with Gasteiger partial charge in [0.25, 0.3) is 0 Å². The molecular weight excluding hydrogens is 280 g/mol. The summed E-state index contributed by atoms with van der Waals surface area (Å²) in [6.45, 7) is 2.87. The van der Waals surface area contributed by atoms with Gasteiger partial charge in [0, 0.05) is 17.3 Å². The van der Waals surface area contributed by atoms with Gasteiger partial charge in [-0.05, 0) is 43.4 Å². The third-order valence-electron chi connectivity index (χ3n) is 3.82. The number of hydrogen-bond donors (Lipinski definition) is 1. The van der Waals surface area contributed by atoms with Gasteiger partial charge >= 0.3 is 0 Å². The summed E-state index contributed by atoms with van der Waals surface area (Å²) < 4.78 is 5.60. The quantitative estimate of drug-likeness (QED) is 0.886. The van der Waals surface area contributed by atoms with E-state index in [0.29, 0.717) is 0 Å². The fourth-order valence-corrected chi connectivity index (χ4v) is 3.88. The first-order valence-electron chi connectivity index (χ1n) is 7.72. The van der Waals surface area contributed by atoms with Crippen molar-refractivity contribution in [3.05, 3.63) is 45.4 Å². The number of ether oxygens (including phenoxy) is 1. The molecule has 0 aliphatic heterocycles. The van der Waals surface area contributed by atoms with Crippen LogP contribution in [-0.4, -0.2) is 11.6 Å². The van der Waals surface area contributed by atoms with Gasteiger partial charge in [-0.1, -0.05) is 19.1 Å². The molecule has 1 aliphatic rings. The Morgan fingerprint density at radius 3 is 2.81 bits per heavy atom. The first-order chi connectivity index (χ1) is 10.3. The molecule has 1 heterocycles.